The first kappa shape index (κ1) is 17.5. The number of nitrogens with zero attached hydrogens (tertiary/aromatic N) is 3. The highest BCUT2D eigenvalue weighted by atomic mass is 16.1. The first-order valence-electron chi connectivity index (χ1n) is 8.91. The first-order chi connectivity index (χ1) is 13.5. The van der Waals surface area contributed by atoms with Crippen LogP contribution in [0.3, 0.4) is 0 Å². The number of hydrogen-bond acceptors (Lipinski definition) is 3. The van der Waals surface area contributed by atoms with Crippen molar-refractivity contribution in [3.05, 3.63) is 89.2 Å². The van der Waals surface area contributed by atoms with Gasteiger partial charge in [-0.3, -0.25) is 9.36 Å². The van der Waals surface area contributed by atoms with Gasteiger partial charge in [-0.2, -0.15) is 5.26 Å². The van der Waals surface area contributed by atoms with Gasteiger partial charge in [0.25, 0.3) is 5.91 Å². The van der Waals surface area contributed by atoms with E-state index in [1.54, 1.807) is 42.7 Å². The van der Waals surface area contributed by atoms with Crippen LogP contribution in [0.15, 0.2) is 67.0 Å². The smallest absolute Gasteiger partial charge is 0.255 e. The number of anilines is 1. The number of rotatable bonds is 3. The lowest BCUT2D eigenvalue weighted by Gasteiger charge is -2.09. The van der Waals surface area contributed by atoms with Crippen molar-refractivity contribution in [3.63, 3.8) is 0 Å². The first-order valence-corrected chi connectivity index (χ1v) is 8.91. The second-order valence-electron chi connectivity index (χ2n) is 6.75. The maximum atomic E-state index is 12.6. The number of nitrogens with one attached hydrogen (secondary N) is 1. The topological polar surface area (TPSA) is 70.7 Å². The van der Waals surface area contributed by atoms with Crippen LogP contribution in [0.1, 0.15) is 27.0 Å². The van der Waals surface area contributed by atoms with Gasteiger partial charge >= 0.3 is 0 Å². The van der Waals surface area contributed by atoms with Gasteiger partial charge in [0.1, 0.15) is 6.33 Å². The lowest BCUT2D eigenvalue weighted by molar-refractivity contribution is 0.102. The Kier molecular flexibility index (Phi) is 4.38. The number of nitriles is 1. The van der Waals surface area contributed by atoms with Crippen LogP contribution in [0, 0.1) is 25.2 Å². The molecule has 0 radical (unpaired) electrons. The fraction of sp³-hybridized carbons (Fsp3) is 0.0870. The Morgan fingerprint density at radius 1 is 1.07 bits per heavy atom. The number of benzene rings is 3. The molecule has 1 aromatic heterocycles. The number of carbonyl (C=O) groups is 1. The van der Waals surface area contributed by atoms with Gasteiger partial charge in [-0.15, -0.1) is 0 Å². The van der Waals surface area contributed by atoms with Gasteiger partial charge in [0, 0.05) is 11.3 Å². The molecule has 0 aliphatic carbocycles. The summed E-state index contributed by atoms with van der Waals surface area (Å²) in [6.07, 6.45) is 1.78. The summed E-state index contributed by atoms with van der Waals surface area (Å²) in [5, 5.41) is 11.8. The predicted octanol–water partition coefficient (Wildman–Crippen LogP) is 4.77. The summed E-state index contributed by atoms with van der Waals surface area (Å²) in [5.74, 6) is -0.238. The molecule has 0 atom stereocenters. The van der Waals surface area contributed by atoms with E-state index in [4.69, 9.17) is 5.26 Å². The van der Waals surface area contributed by atoms with Gasteiger partial charge in [0.05, 0.1) is 28.4 Å². The lowest BCUT2D eigenvalue weighted by atomic mass is 10.1. The number of fused-ring (bicyclic) bond motifs is 1. The van der Waals surface area contributed by atoms with Gasteiger partial charge in [0.15, 0.2) is 0 Å². The fourth-order valence-corrected chi connectivity index (χ4v) is 3.29. The van der Waals surface area contributed by atoms with Gasteiger partial charge in [-0.05, 0) is 61.9 Å². The summed E-state index contributed by atoms with van der Waals surface area (Å²) >= 11 is 0. The van der Waals surface area contributed by atoms with Gasteiger partial charge in [-0.1, -0.05) is 23.8 Å². The molecule has 3 aromatic carbocycles. The number of hydrogen-bond donors (Lipinski definition) is 1. The summed E-state index contributed by atoms with van der Waals surface area (Å²) < 4.78 is 2.03. The molecule has 4 aromatic rings. The molecule has 1 amide bonds. The molecule has 0 aliphatic heterocycles. The van der Waals surface area contributed by atoms with Crippen molar-refractivity contribution in [2.75, 3.05) is 5.32 Å². The third kappa shape index (κ3) is 3.24. The van der Waals surface area contributed by atoms with Crippen LogP contribution in [-0.2, 0) is 0 Å². The van der Waals surface area contributed by atoms with E-state index in [1.807, 2.05) is 10.6 Å². The van der Waals surface area contributed by atoms with E-state index < -0.39 is 0 Å². The maximum Gasteiger partial charge on any atom is 0.255 e. The van der Waals surface area contributed by atoms with Gasteiger partial charge < -0.3 is 5.32 Å². The van der Waals surface area contributed by atoms with E-state index in [0.717, 1.165) is 16.7 Å². The Balaban J connectivity index is 1.65. The van der Waals surface area contributed by atoms with Crippen molar-refractivity contribution in [2.24, 2.45) is 0 Å². The lowest BCUT2D eigenvalue weighted by Crippen LogP contribution is -2.11. The summed E-state index contributed by atoms with van der Waals surface area (Å²) in [5.41, 5.74) is 6.74. The molecule has 0 aliphatic rings. The zero-order valence-electron chi connectivity index (χ0n) is 15.6. The zero-order chi connectivity index (χ0) is 19.7. The van der Waals surface area contributed by atoms with E-state index in [2.05, 4.69) is 48.4 Å². The SMILES string of the molecule is Cc1ccc(-n2cnc3cc(C(=O)Nc4cccc(C#N)c4)ccc32)c(C)c1. The zero-order valence-corrected chi connectivity index (χ0v) is 15.6. The van der Waals surface area contributed by atoms with E-state index in [0.29, 0.717) is 16.8 Å². The second kappa shape index (κ2) is 7.01. The number of amides is 1. The summed E-state index contributed by atoms with van der Waals surface area (Å²) in [7, 11) is 0. The summed E-state index contributed by atoms with van der Waals surface area (Å²) in [6, 6.07) is 20.7. The van der Waals surface area contributed by atoms with Crippen molar-refractivity contribution in [1.82, 2.24) is 9.55 Å². The quantitative estimate of drug-likeness (QED) is 0.568. The summed E-state index contributed by atoms with van der Waals surface area (Å²) in [4.78, 5) is 17.1. The molecule has 1 heterocycles. The van der Waals surface area contributed by atoms with Crippen LogP contribution in [0.5, 0.6) is 0 Å². The van der Waals surface area contributed by atoms with Crippen LogP contribution in [0.2, 0.25) is 0 Å². The van der Waals surface area contributed by atoms with Crippen LogP contribution in [-0.4, -0.2) is 15.5 Å². The van der Waals surface area contributed by atoms with Crippen molar-refractivity contribution in [3.8, 4) is 11.8 Å². The molecular weight excluding hydrogens is 348 g/mol. The molecular formula is C23H18N4O. The van der Waals surface area contributed by atoms with Gasteiger partial charge in [-0.25, -0.2) is 4.98 Å². The van der Waals surface area contributed by atoms with E-state index in [1.165, 1.54) is 11.1 Å². The van der Waals surface area contributed by atoms with Crippen molar-refractivity contribution in [2.45, 2.75) is 13.8 Å². The predicted molar refractivity (Wildman–Crippen MR) is 110 cm³/mol. The molecule has 0 fully saturated rings. The summed E-state index contributed by atoms with van der Waals surface area (Å²) in [6.45, 7) is 4.14. The molecule has 28 heavy (non-hydrogen) atoms. The molecule has 0 saturated carbocycles. The molecule has 1 N–H and O–H groups in total. The van der Waals surface area contributed by atoms with Crippen LogP contribution in [0.4, 0.5) is 5.69 Å². The minimum atomic E-state index is -0.238. The Bertz CT molecular complexity index is 1250. The fourth-order valence-electron chi connectivity index (χ4n) is 3.29. The molecule has 0 spiro atoms. The molecule has 0 bridgehead atoms. The number of aromatic nitrogens is 2. The average molecular weight is 366 g/mol. The Morgan fingerprint density at radius 3 is 2.71 bits per heavy atom. The van der Waals surface area contributed by atoms with Crippen molar-refractivity contribution >= 4 is 22.6 Å². The number of aryl methyl sites for hydroxylation is 2. The highest BCUT2D eigenvalue weighted by molar-refractivity contribution is 6.06. The third-order valence-corrected chi connectivity index (χ3v) is 4.67. The second-order valence-corrected chi connectivity index (χ2v) is 6.75. The Morgan fingerprint density at radius 2 is 1.93 bits per heavy atom. The standard InChI is InChI=1S/C23H18N4O/c1-15-6-8-21(16(2)10-15)27-14-25-20-12-18(7-9-22(20)27)23(28)26-19-5-3-4-17(11-19)13-24/h3-12,14H,1-2H3,(H,26,28). The minimum absolute atomic E-state index is 0.238. The molecule has 0 unspecified atom stereocenters. The van der Waals surface area contributed by atoms with Gasteiger partial charge in [0.2, 0.25) is 0 Å². The van der Waals surface area contributed by atoms with Crippen LogP contribution < -0.4 is 5.32 Å². The molecule has 0 saturated heterocycles. The van der Waals surface area contributed by atoms with E-state index >= 15 is 0 Å². The van der Waals surface area contributed by atoms with E-state index in [9.17, 15) is 4.79 Å². The third-order valence-electron chi connectivity index (χ3n) is 4.67. The van der Waals surface area contributed by atoms with Crippen LogP contribution in [0.25, 0.3) is 16.7 Å². The average Bonchev–Trinajstić information content (AvgIpc) is 3.11. The Hall–Kier alpha value is -3.91. The highest BCUT2D eigenvalue weighted by Gasteiger charge is 2.12. The monoisotopic (exact) mass is 366 g/mol. The highest BCUT2D eigenvalue weighted by Crippen LogP contribution is 2.23. The molecule has 5 heteroatoms. The minimum Gasteiger partial charge on any atom is -0.322 e. The molecule has 4 rings (SSSR count). The van der Waals surface area contributed by atoms with E-state index in [-0.39, 0.29) is 5.91 Å². The van der Waals surface area contributed by atoms with Crippen LogP contribution >= 0.6 is 0 Å². The van der Waals surface area contributed by atoms with Crippen molar-refractivity contribution in [1.29, 1.82) is 5.26 Å². The largest absolute Gasteiger partial charge is 0.322 e. The number of carbonyl (C=O) groups excluding carboxylic acids is 1. The number of imidazole rings is 1. The molecule has 5 nitrogen and oxygen atoms in total. The molecule has 136 valence electrons. The Labute approximate surface area is 162 Å². The maximum absolute atomic E-state index is 12.6. The normalized spacial score (nSPS) is 10.6. The van der Waals surface area contributed by atoms with Crippen molar-refractivity contribution < 1.29 is 4.79 Å².